The minimum absolute atomic E-state index is 0.562. The van der Waals surface area contributed by atoms with Crippen LogP contribution in [0.1, 0.15) is 46.5 Å². The van der Waals surface area contributed by atoms with Crippen molar-refractivity contribution in [2.75, 3.05) is 6.61 Å². The summed E-state index contributed by atoms with van der Waals surface area (Å²) >= 11 is 0. The van der Waals surface area contributed by atoms with Crippen LogP contribution in [-0.4, -0.2) is 26.5 Å². The fourth-order valence-corrected chi connectivity index (χ4v) is 3.53. The van der Waals surface area contributed by atoms with E-state index in [1.54, 1.807) is 0 Å². The number of fused-ring (bicyclic) bond motifs is 3. The van der Waals surface area contributed by atoms with Crippen LogP contribution in [0.25, 0.3) is 33.4 Å². The van der Waals surface area contributed by atoms with Gasteiger partial charge in [0.1, 0.15) is 5.75 Å². The number of ether oxygens (including phenoxy) is 1. The third-order valence-electron chi connectivity index (χ3n) is 5.29. The highest BCUT2D eigenvalue weighted by Crippen LogP contribution is 2.22. The molecule has 0 spiro atoms. The number of aromatic nitrogens is 4. The number of nitrogens with zero attached hydrogens (tertiary/aromatic N) is 4. The van der Waals surface area contributed by atoms with E-state index in [4.69, 9.17) is 4.74 Å². The number of hydrogen-bond acceptors (Lipinski definition) is 5. The second-order valence-corrected chi connectivity index (χ2v) is 8.30. The first kappa shape index (κ1) is 19.5. The van der Waals surface area contributed by atoms with Gasteiger partial charge in [0.25, 0.3) is 0 Å². The van der Waals surface area contributed by atoms with Crippen molar-refractivity contribution >= 4 is 33.4 Å². The summed E-state index contributed by atoms with van der Waals surface area (Å²) in [6.45, 7) is 7.60. The van der Waals surface area contributed by atoms with Gasteiger partial charge in [-0.3, -0.25) is 0 Å². The standard InChI is InChI=1S/C24H28N4O/c1-16(2)7-6-8-17(3)13-14-29-18-11-12-21-22(15-18)28-24-23(27-21)25-19-9-4-5-10-20(19)26-24/h4-5,9-12,15-17H,6-8,13-14H2,1-3H3. The van der Waals surface area contributed by atoms with Crippen molar-refractivity contribution < 1.29 is 4.74 Å². The molecule has 29 heavy (non-hydrogen) atoms. The van der Waals surface area contributed by atoms with Crippen molar-refractivity contribution in [3.8, 4) is 5.75 Å². The Kier molecular flexibility index (Phi) is 5.84. The van der Waals surface area contributed by atoms with E-state index in [0.29, 0.717) is 17.2 Å². The summed E-state index contributed by atoms with van der Waals surface area (Å²) in [5.41, 5.74) is 4.37. The minimum Gasteiger partial charge on any atom is -0.494 e. The molecule has 0 aliphatic rings. The summed E-state index contributed by atoms with van der Waals surface area (Å²) in [7, 11) is 0. The average Bonchev–Trinajstić information content (AvgIpc) is 2.70. The topological polar surface area (TPSA) is 60.8 Å². The van der Waals surface area contributed by atoms with Crippen molar-refractivity contribution in [1.82, 2.24) is 19.9 Å². The lowest BCUT2D eigenvalue weighted by Crippen LogP contribution is -2.05. The van der Waals surface area contributed by atoms with E-state index in [1.165, 1.54) is 19.3 Å². The molecule has 0 aliphatic carbocycles. The molecule has 1 unspecified atom stereocenters. The van der Waals surface area contributed by atoms with Crippen LogP contribution < -0.4 is 4.74 Å². The van der Waals surface area contributed by atoms with Crippen LogP contribution in [-0.2, 0) is 0 Å². The van der Waals surface area contributed by atoms with Gasteiger partial charge in [-0.25, -0.2) is 19.9 Å². The Labute approximate surface area is 171 Å². The zero-order chi connectivity index (χ0) is 20.2. The number of para-hydroxylation sites is 2. The summed E-state index contributed by atoms with van der Waals surface area (Å²) in [4.78, 5) is 18.5. The lowest BCUT2D eigenvalue weighted by atomic mass is 9.98. The minimum atomic E-state index is 0.562. The zero-order valence-electron chi connectivity index (χ0n) is 17.4. The van der Waals surface area contributed by atoms with E-state index in [1.807, 2.05) is 42.5 Å². The van der Waals surface area contributed by atoms with Crippen LogP contribution in [0.15, 0.2) is 42.5 Å². The quantitative estimate of drug-likeness (QED) is 0.349. The fraction of sp³-hybridized carbons (Fsp3) is 0.417. The van der Waals surface area contributed by atoms with Gasteiger partial charge in [0, 0.05) is 6.07 Å². The molecule has 2 heterocycles. The average molecular weight is 389 g/mol. The second-order valence-electron chi connectivity index (χ2n) is 8.30. The Morgan fingerprint density at radius 2 is 1.34 bits per heavy atom. The van der Waals surface area contributed by atoms with Crippen molar-refractivity contribution in [2.45, 2.75) is 46.5 Å². The predicted molar refractivity (Wildman–Crippen MR) is 118 cm³/mol. The van der Waals surface area contributed by atoms with Gasteiger partial charge in [-0.2, -0.15) is 0 Å². The van der Waals surface area contributed by atoms with E-state index in [-0.39, 0.29) is 0 Å². The van der Waals surface area contributed by atoms with Crippen LogP contribution >= 0.6 is 0 Å². The van der Waals surface area contributed by atoms with Crippen LogP contribution in [0, 0.1) is 11.8 Å². The van der Waals surface area contributed by atoms with Gasteiger partial charge in [0.05, 0.1) is 28.7 Å². The second kappa shape index (κ2) is 8.68. The molecule has 5 nitrogen and oxygen atoms in total. The fourth-order valence-electron chi connectivity index (χ4n) is 3.53. The smallest absolute Gasteiger partial charge is 0.199 e. The predicted octanol–water partition coefficient (Wildman–Crippen LogP) is 5.96. The normalized spacial score (nSPS) is 12.8. The number of rotatable bonds is 8. The molecule has 4 rings (SSSR count). The molecule has 0 aliphatic heterocycles. The maximum absolute atomic E-state index is 5.99. The third kappa shape index (κ3) is 4.78. The molecule has 2 aromatic carbocycles. The molecule has 0 saturated carbocycles. The highest BCUT2D eigenvalue weighted by molar-refractivity contribution is 5.88. The number of hydrogen-bond donors (Lipinski definition) is 0. The first-order valence-corrected chi connectivity index (χ1v) is 10.6. The Morgan fingerprint density at radius 1 is 0.724 bits per heavy atom. The zero-order valence-corrected chi connectivity index (χ0v) is 17.4. The van der Waals surface area contributed by atoms with Gasteiger partial charge >= 0.3 is 0 Å². The van der Waals surface area contributed by atoms with Gasteiger partial charge in [-0.1, -0.05) is 52.2 Å². The summed E-state index contributed by atoms with van der Waals surface area (Å²) < 4.78 is 5.99. The molecule has 150 valence electrons. The molecule has 5 heteroatoms. The van der Waals surface area contributed by atoms with Gasteiger partial charge in [0.2, 0.25) is 0 Å². The van der Waals surface area contributed by atoms with Crippen LogP contribution in [0.2, 0.25) is 0 Å². The molecule has 2 aromatic heterocycles. The Morgan fingerprint density at radius 3 is 2.00 bits per heavy atom. The van der Waals surface area contributed by atoms with Crippen LogP contribution in [0.3, 0.4) is 0 Å². The monoisotopic (exact) mass is 388 g/mol. The molecule has 0 saturated heterocycles. The summed E-state index contributed by atoms with van der Waals surface area (Å²) in [5.74, 6) is 2.30. The van der Waals surface area contributed by atoms with Gasteiger partial charge < -0.3 is 4.74 Å². The molecular weight excluding hydrogens is 360 g/mol. The molecule has 1 atom stereocenters. The Bertz CT molecular complexity index is 1130. The maximum atomic E-state index is 5.99. The molecular formula is C24H28N4O. The molecule has 0 N–H and O–H groups in total. The SMILES string of the molecule is CC(C)CCCC(C)CCOc1ccc2nc3nc4ccccc4nc3nc2c1. The van der Waals surface area contributed by atoms with Crippen molar-refractivity contribution in [1.29, 1.82) is 0 Å². The van der Waals surface area contributed by atoms with Crippen LogP contribution in [0.5, 0.6) is 5.75 Å². The largest absolute Gasteiger partial charge is 0.494 e. The molecule has 0 bridgehead atoms. The lowest BCUT2D eigenvalue weighted by Gasteiger charge is -2.13. The molecule has 0 radical (unpaired) electrons. The lowest BCUT2D eigenvalue weighted by molar-refractivity contribution is 0.276. The van der Waals surface area contributed by atoms with E-state index < -0.39 is 0 Å². The summed E-state index contributed by atoms with van der Waals surface area (Å²) in [6, 6.07) is 13.6. The van der Waals surface area contributed by atoms with Gasteiger partial charge in [-0.15, -0.1) is 0 Å². The summed E-state index contributed by atoms with van der Waals surface area (Å²) in [6.07, 6.45) is 4.94. The van der Waals surface area contributed by atoms with E-state index in [0.717, 1.165) is 46.8 Å². The Balaban J connectivity index is 1.45. The van der Waals surface area contributed by atoms with Crippen molar-refractivity contribution in [3.05, 3.63) is 42.5 Å². The Hall–Kier alpha value is -2.82. The summed E-state index contributed by atoms with van der Waals surface area (Å²) in [5, 5.41) is 0. The van der Waals surface area contributed by atoms with Crippen molar-refractivity contribution in [2.24, 2.45) is 11.8 Å². The highest BCUT2D eigenvalue weighted by atomic mass is 16.5. The van der Waals surface area contributed by atoms with Crippen LogP contribution in [0.4, 0.5) is 0 Å². The van der Waals surface area contributed by atoms with Crippen molar-refractivity contribution in [3.63, 3.8) is 0 Å². The first-order chi connectivity index (χ1) is 14.1. The third-order valence-corrected chi connectivity index (χ3v) is 5.29. The van der Waals surface area contributed by atoms with E-state index >= 15 is 0 Å². The first-order valence-electron chi connectivity index (χ1n) is 10.6. The number of benzene rings is 2. The van der Waals surface area contributed by atoms with Gasteiger partial charge in [-0.05, 0) is 42.5 Å². The maximum Gasteiger partial charge on any atom is 0.199 e. The molecule has 0 amide bonds. The molecule has 4 aromatic rings. The highest BCUT2D eigenvalue weighted by Gasteiger charge is 2.08. The molecule has 0 fully saturated rings. The van der Waals surface area contributed by atoms with E-state index in [9.17, 15) is 0 Å². The van der Waals surface area contributed by atoms with Gasteiger partial charge in [0.15, 0.2) is 11.3 Å². The van der Waals surface area contributed by atoms with E-state index in [2.05, 4.69) is 40.7 Å².